The van der Waals surface area contributed by atoms with E-state index in [2.05, 4.69) is 5.32 Å². The summed E-state index contributed by atoms with van der Waals surface area (Å²) in [6.07, 6.45) is 1.92. The van der Waals surface area contributed by atoms with Crippen LogP contribution in [0, 0.1) is 0 Å². The van der Waals surface area contributed by atoms with Crippen molar-refractivity contribution >= 4 is 5.97 Å². The van der Waals surface area contributed by atoms with Crippen LogP contribution in [0.5, 0.6) is 5.75 Å². The number of para-hydroxylation sites is 1. The van der Waals surface area contributed by atoms with Crippen LogP contribution in [0.4, 0.5) is 0 Å². The third kappa shape index (κ3) is 4.24. The van der Waals surface area contributed by atoms with Crippen molar-refractivity contribution < 1.29 is 14.3 Å². The summed E-state index contributed by atoms with van der Waals surface area (Å²) in [5, 5.41) is 3.44. The Morgan fingerprint density at radius 1 is 1.42 bits per heavy atom. The number of carbonyl (C=O) groups excluding carboxylic acids is 1. The number of carbonyl (C=O) groups is 1. The lowest BCUT2D eigenvalue weighted by molar-refractivity contribution is -0.150. The Bertz CT molecular complexity index is 429. The molecule has 4 nitrogen and oxygen atoms in total. The molecule has 0 amide bonds. The van der Waals surface area contributed by atoms with Crippen molar-refractivity contribution in [2.45, 2.75) is 45.4 Å². The molecule has 0 saturated heterocycles. The standard InChI is InChI=1S/C15H21NO3/c1-3-18-15(17)11(2)19-14-7-5-4-6-12(14)10-16-13-8-9-13/h4-7,11,13,16H,3,8-10H2,1-2H3. The maximum absolute atomic E-state index is 11.6. The second kappa shape index (κ2) is 6.57. The van der Waals surface area contributed by atoms with Gasteiger partial charge in [0.25, 0.3) is 0 Å². The summed E-state index contributed by atoms with van der Waals surface area (Å²) in [4.78, 5) is 11.6. The SMILES string of the molecule is CCOC(=O)C(C)Oc1ccccc1CNC1CC1. The van der Waals surface area contributed by atoms with E-state index in [0.717, 1.165) is 17.9 Å². The third-order valence-corrected chi connectivity index (χ3v) is 3.05. The van der Waals surface area contributed by atoms with Crippen LogP contribution in [0.3, 0.4) is 0 Å². The molecule has 0 radical (unpaired) electrons. The zero-order valence-corrected chi connectivity index (χ0v) is 11.5. The molecule has 1 N–H and O–H groups in total. The van der Waals surface area contributed by atoms with Gasteiger partial charge in [0.1, 0.15) is 5.75 Å². The normalized spacial score (nSPS) is 15.9. The minimum atomic E-state index is -0.581. The molecule has 0 aromatic heterocycles. The Hall–Kier alpha value is -1.55. The first kappa shape index (κ1) is 13.9. The average Bonchev–Trinajstić information content (AvgIpc) is 3.22. The van der Waals surface area contributed by atoms with E-state index in [1.165, 1.54) is 12.8 Å². The Labute approximate surface area is 114 Å². The quantitative estimate of drug-likeness (QED) is 0.767. The van der Waals surface area contributed by atoms with Gasteiger partial charge in [-0.15, -0.1) is 0 Å². The van der Waals surface area contributed by atoms with Crippen LogP contribution in [-0.2, 0) is 16.1 Å². The Morgan fingerprint density at radius 2 is 2.16 bits per heavy atom. The fourth-order valence-corrected chi connectivity index (χ4v) is 1.80. The molecular weight excluding hydrogens is 242 g/mol. The lowest BCUT2D eigenvalue weighted by Gasteiger charge is -2.16. The molecule has 1 aromatic carbocycles. The number of rotatable bonds is 7. The van der Waals surface area contributed by atoms with Crippen LogP contribution in [0.1, 0.15) is 32.3 Å². The molecule has 1 saturated carbocycles. The highest BCUT2D eigenvalue weighted by atomic mass is 16.6. The van der Waals surface area contributed by atoms with Crippen molar-refractivity contribution in [1.29, 1.82) is 0 Å². The van der Waals surface area contributed by atoms with Gasteiger partial charge < -0.3 is 14.8 Å². The summed E-state index contributed by atoms with van der Waals surface area (Å²) >= 11 is 0. The Balaban J connectivity index is 1.95. The summed E-state index contributed by atoms with van der Waals surface area (Å²) in [6, 6.07) is 8.44. The van der Waals surface area contributed by atoms with Gasteiger partial charge in [0.05, 0.1) is 6.61 Å². The molecular formula is C15H21NO3. The van der Waals surface area contributed by atoms with E-state index >= 15 is 0 Å². The van der Waals surface area contributed by atoms with Crippen molar-refractivity contribution in [3.63, 3.8) is 0 Å². The lowest BCUT2D eigenvalue weighted by Crippen LogP contribution is -2.27. The number of hydrogen-bond donors (Lipinski definition) is 1. The van der Waals surface area contributed by atoms with E-state index in [0.29, 0.717) is 12.6 Å². The first-order chi connectivity index (χ1) is 9.20. The lowest BCUT2D eigenvalue weighted by atomic mass is 10.2. The molecule has 1 atom stereocenters. The molecule has 0 bridgehead atoms. The van der Waals surface area contributed by atoms with Gasteiger partial charge >= 0.3 is 5.97 Å². The summed E-state index contributed by atoms with van der Waals surface area (Å²) in [7, 11) is 0. The zero-order chi connectivity index (χ0) is 13.7. The zero-order valence-electron chi connectivity index (χ0n) is 11.5. The number of esters is 1. The second-order valence-electron chi connectivity index (χ2n) is 4.78. The van der Waals surface area contributed by atoms with Crippen molar-refractivity contribution in [3.05, 3.63) is 29.8 Å². The van der Waals surface area contributed by atoms with Crippen molar-refractivity contribution in [2.75, 3.05) is 6.61 Å². The Kier molecular flexibility index (Phi) is 4.80. The molecule has 1 aliphatic carbocycles. The van der Waals surface area contributed by atoms with Gasteiger partial charge in [-0.05, 0) is 32.8 Å². The molecule has 2 rings (SSSR count). The van der Waals surface area contributed by atoms with Gasteiger partial charge in [-0.25, -0.2) is 4.79 Å². The molecule has 4 heteroatoms. The van der Waals surface area contributed by atoms with Crippen LogP contribution in [0.2, 0.25) is 0 Å². The number of nitrogens with one attached hydrogen (secondary N) is 1. The molecule has 1 aliphatic rings. The van der Waals surface area contributed by atoms with E-state index in [9.17, 15) is 4.79 Å². The largest absolute Gasteiger partial charge is 0.479 e. The Morgan fingerprint density at radius 3 is 2.84 bits per heavy atom. The summed E-state index contributed by atoms with van der Waals surface area (Å²) in [5.41, 5.74) is 1.07. The maximum Gasteiger partial charge on any atom is 0.347 e. The maximum atomic E-state index is 11.6. The van der Waals surface area contributed by atoms with E-state index < -0.39 is 6.10 Å². The van der Waals surface area contributed by atoms with Gasteiger partial charge in [-0.3, -0.25) is 0 Å². The monoisotopic (exact) mass is 263 g/mol. The molecule has 0 aliphatic heterocycles. The predicted molar refractivity (Wildman–Crippen MR) is 73.0 cm³/mol. The first-order valence-electron chi connectivity index (χ1n) is 6.85. The number of hydrogen-bond acceptors (Lipinski definition) is 4. The van der Waals surface area contributed by atoms with Gasteiger partial charge in [0, 0.05) is 18.2 Å². The third-order valence-electron chi connectivity index (χ3n) is 3.05. The highest BCUT2D eigenvalue weighted by Crippen LogP contribution is 2.23. The topological polar surface area (TPSA) is 47.6 Å². The number of benzene rings is 1. The summed E-state index contributed by atoms with van der Waals surface area (Å²) in [5.74, 6) is 0.420. The van der Waals surface area contributed by atoms with Crippen LogP contribution >= 0.6 is 0 Å². The summed E-state index contributed by atoms with van der Waals surface area (Å²) in [6.45, 7) is 4.65. The molecule has 0 spiro atoms. The van der Waals surface area contributed by atoms with E-state index in [1.807, 2.05) is 24.3 Å². The van der Waals surface area contributed by atoms with E-state index in [1.54, 1.807) is 13.8 Å². The summed E-state index contributed by atoms with van der Waals surface area (Å²) < 4.78 is 10.6. The first-order valence-corrected chi connectivity index (χ1v) is 6.85. The van der Waals surface area contributed by atoms with Crippen LogP contribution < -0.4 is 10.1 Å². The highest BCUT2D eigenvalue weighted by molar-refractivity contribution is 5.74. The minimum Gasteiger partial charge on any atom is -0.479 e. The van der Waals surface area contributed by atoms with Crippen molar-refractivity contribution in [3.8, 4) is 5.75 Å². The van der Waals surface area contributed by atoms with E-state index in [-0.39, 0.29) is 5.97 Å². The molecule has 1 aromatic rings. The number of ether oxygens (including phenoxy) is 2. The molecule has 1 fully saturated rings. The van der Waals surface area contributed by atoms with Gasteiger partial charge in [0.2, 0.25) is 0 Å². The van der Waals surface area contributed by atoms with Crippen molar-refractivity contribution in [2.24, 2.45) is 0 Å². The van der Waals surface area contributed by atoms with E-state index in [4.69, 9.17) is 9.47 Å². The van der Waals surface area contributed by atoms with Gasteiger partial charge in [-0.2, -0.15) is 0 Å². The molecule has 0 heterocycles. The fourth-order valence-electron chi connectivity index (χ4n) is 1.80. The fraction of sp³-hybridized carbons (Fsp3) is 0.533. The van der Waals surface area contributed by atoms with Crippen LogP contribution in [-0.4, -0.2) is 24.7 Å². The van der Waals surface area contributed by atoms with Gasteiger partial charge in [0.15, 0.2) is 6.10 Å². The predicted octanol–water partition coefficient (Wildman–Crippen LogP) is 2.27. The molecule has 19 heavy (non-hydrogen) atoms. The minimum absolute atomic E-state index is 0.326. The van der Waals surface area contributed by atoms with Crippen LogP contribution in [0.15, 0.2) is 24.3 Å². The van der Waals surface area contributed by atoms with Crippen molar-refractivity contribution in [1.82, 2.24) is 5.32 Å². The molecule has 104 valence electrons. The average molecular weight is 263 g/mol. The van der Waals surface area contributed by atoms with Gasteiger partial charge in [-0.1, -0.05) is 18.2 Å². The van der Waals surface area contributed by atoms with Crippen LogP contribution in [0.25, 0.3) is 0 Å². The second-order valence-corrected chi connectivity index (χ2v) is 4.78. The smallest absolute Gasteiger partial charge is 0.347 e. The highest BCUT2D eigenvalue weighted by Gasteiger charge is 2.21. The molecule has 1 unspecified atom stereocenters.